The van der Waals surface area contributed by atoms with E-state index in [0.29, 0.717) is 67.8 Å². The SMILES string of the molecule is COC(=O)c1ccc(-c2nc(-c3ccc(-c4nc(-c5ccc(C(C)=O)cc5)nc(-c5ccccc5O)n4)cc3)nc(-c3ccccc3O)n2)cc1. The number of carbonyl (C=O) groups excluding carboxylic acids is 2. The minimum absolute atomic E-state index is 0.0128. The number of phenolic OH excluding ortho intramolecular Hbond substituents is 2. The lowest BCUT2D eigenvalue weighted by Gasteiger charge is -2.11. The van der Waals surface area contributed by atoms with Gasteiger partial charge in [0.2, 0.25) is 0 Å². The van der Waals surface area contributed by atoms with Crippen molar-refractivity contribution < 1.29 is 24.5 Å². The number of aromatic nitrogens is 6. The van der Waals surface area contributed by atoms with Crippen LogP contribution < -0.4 is 0 Å². The number of ether oxygens (including phenoxy) is 1. The van der Waals surface area contributed by atoms with E-state index in [9.17, 15) is 19.8 Å². The summed E-state index contributed by atoms with van der Waals surface area (Å²) in [7, 11) is 1.32. The second-order valence-electron chi connectivity index (χ2n) is 11.4. The molecule has 0 fully saturated rings. The molecular weight excluding hydrogens is 644 g/mol. The number of rotatable bonds is 8. The lowest BCUT2D eigenvalue weighted by Crippen LogP contribution is -2.02. The summed E-state index contributed by atoms with van der Waals surface area (Å²) in [4.78, 5) is 52.1. The number of para-hydroxylation sites is 2. The van der Waals surface area contributed by atoms with Crippen molar-refractivity contribution in [3.63, 3.8) is 0 Å². The standard InChI is InChI=1S/C40H28N6O5/c1-23(47)24-11-13-25(14-12-24)34-41-35(44-38(43-34)30-7-3-5-9-32(30)48)26-15-17-27(18-16-26)36-42-37(28-19-21-29(22-20-28)40(50)51-2)46-39(45-36)31-8-4-6-10-33(31)49/h3-22,48-49H,1-2H3. The van der Waals surface area contributed by atoms with Crippen molar-refractivity contribution in [2.45, 2.75) is 6.92 Å². The molecule has 0 atom stereocenters. The smallest absolute Gasteiger partial charge is 0.337 e. The normalized spacial score (nSPS) is 10.9. The van der Waals surface area contributed by atoms with Crippen molar-refractivity contribution >= 4 is 11.8 Å². The van der Waals surface area contributed by atoms with E-state index in [0.717, 1.165) is 0 Å². The van der Waals surface area contributed by atoms with Crippen molar-refractivity contribution in [2.24, 2.45) is 0 Å². The summed E-state index contributed by atoms with van der Waals surface area (Å²) < 4.78 is 4.82. The Kier molecular flexibility index (Phi) is 8.75. The molecule has 51 heavy (non-hydrogen) atoms. The van der Waals surface area contributed by atoms with Crippen LogP contribution in [0.1, 0.15) is 27.6 Å². The van der Waals surface area contributed by atoms with Gasteiger partial charge in [0.1, 0.15) is 11.5 Å². The van der Waals surface area contributed by atoms with Crippen LogP contribution in [0.4, 0.5) is 0 Å². The first-order chi connectivity index (χ1) is 24.8. The van der Waals surface area contributed by atoms with Gasteiger partial charge in [0, 0.05) is 27.8 Å². The number of esters is 1. The van der Waals surface area contributed by atoms with Gasteiger partial charge in [-0.15, -0.1) is 0 Å². The van der Waals surface area contributed by atoms with Gasteiger partial charge in [0.15, 0.2) is 40.7 Å². The van der Waals surface area contributed by atoms with Gasteiger partial charge in [-0.3, -0.25) is 4.79 Å². The van der Waals surface area contributed by atoms with E-state index in [2.05, 4.69) is 9.97 Å². The van der Waals surface area contributed by atoms with Gasteiger partial charge in [0.25, 0.3) is 0 Å². The molecule has 0 saturated carbocycles. The van der Waals surface area contributed by atoms with Crippen LogP contribution in [0.25, 0.3) is 68.3 Å². The molecule has 0 amide bonds. The Bertz CT molecular complexity index is 2410. The van der Waals surface area contributed by atoms with Crippen LogP contribution in [0, 0.1) is 0 Å². The zero-order valence-corrected chi connectivity index (χ0v) is 27.3. The van der Waals surface area contributed by atoms with Crippen molar-refractivity contribution in [1.29, 1.82) is 0 Å². The van der Waals surface area contributed by atoms with E-state index in [4.69, 9.17) is 24.7 Å². The molecule has 2 heterocycles. The Morgan fingerprint density at radius 2 is 0.765 bits per heavy atom. The van der Waals surface area contributed by atoms with Crippen LogP contribution >= 0.6 is 0 Å². The molecule has 0 radical (unpaired) electrons. The molecule has 2 N–H and O–H groups in total. The van der Waals surface area contributed by atoms with E-state index in [1.54, 1.807) is 97.1 Å². The Morgan fingerprint density at radius 1 is 0.451 bits per heavy atom. The zero-order valence-electron chi connectivity index (χ0n) is 27.3. The second-order valence-corrected chi connectivity index (χ2v) is 11.4. The highest BCUT2D eigenvalue weighted by molar-refractivity contribution is 5.94. The number of nitrogens with zero attached hydrogens (tertiary/aromatic N) is 6. The Morgan fingerprint density at radius 3 is 1.10 bits per heavy atom. The largest absolute Gasteiger partial charge is 0.507 e. The van der Waals surface area contributed by atoms with Crippen LogP contribution in [0.3, 0.4) is 0 Å². The summed E-state index contributed by atoms with van der Waals surface area (Å²) in [6, 6.07) is 34.6. The van der Waals surface area contributed by atoms with E-state index in [1.165, 1.54) is 14.0 Å². The third kappa shape index (κ3) is 6.76. The number of ketones is 1. The summed E-state index contributed by atoms with van der Waals surface area (Å²) in [5.74, 6) is 1.47. The second kappa shape index (κ2) is 13.8. The average Bonchev–Trinajstić information content (AvgIpc) is 3.17. The molecule has 7 aromatic rings. The predicted molar refractivity (Wildman–Crippen MR) is 191 cm³/mol. The average molecular weight is 673 g/mol. The molecule has 2 aromatic heterocycles. The van der Waals surface area contributed by atoms with E-state index >= 15 is 0 Å². The topological polar surface area (TPSA) is 161 Å². The Balaban J connectivity index is 1.31. The van der Waals surface area contributed by atoms with Crippen LogP contribution in [-0.2, 0) is 4.74 Å². The highest BCUT2D eigenvalue weighted by Gasteiger charge is 2.18. The highest BCUT2D eigenvalue weighted by atomic mass is 16.5. The summed E-state index contributed by atoms with van der Waals surface area (Å²) in [5, 5.41) is 21.3. The van der Waals surface area contributed by atoms with E-state index in [-0.39, 0.29) is 28.9 Å². The molecule has 0 aliphatic rings. The minimum Gasteiger partial charge on any atom is -0.507 e. The van der Waals surface area contributed by atoms with Gasteiger partial charge in [-0.05, 0) is 43.3 Å². The van der Waals surface area contributed by atoms with Gasteiger partial charge in [-0.2, -0.15) is 0 Å². The third-order valence-corrected chi connectivity index (χ3v) is 8.08. The molecule has 7 rings (SSSR count). The summed E-state index contributed by atoms with van der Waals surface area (Å²) in [6.07, 6.45) is 0. The number of hydrogen-bond donors (Lipinski definition) is 2. The quantitative estimate of drug-likeness (QED) is 0.122. The van der Waals surface area contributed by atoms with Gasteiger partial charge >= 0.3 is 5.97 Å². The predicted octanol–water partition coefficient (Wildman–Crippen LogP) is 7.46. The molecule has 11 nitrogen and oxygen atoms in total. The zero-order chi connectivity index (χ0) is 35.5. The van der Waals surface area contributed by atoms with Crippen molar-refractivity contribution in [1.82, 2.24) is 29.9 Å². The summed E-state index contributed by atoms with van der Waals surface area (Å²) in [5.41, 5.74) is 4.43. The van der Waals surface area contributed by atoms with Crippen molar-refractivity contribution in [2.75, 3.05) is 7.11 Å². The number of Topliss-reactive ketones (excluding diaryl/α,β-unsaturated/α-hetero) is 1. The fraction of sp³-hybridized carbons (Fsp3) is 0.0500. The lowest BCUT2D eigenvalue weighted by molar-refractivity contribution is 0.0600. The maximum Gasteiger partial charge on any atom is 0.337 e. The Hall–Kier alpha value is -7.14. The molecule has 0 aliphatic carbocycles. The summed E-state index contributed by atoms with van der Waals surface area (Å²) >= 11 is 0. The van der Waals surface area contributed by atoms with Crippen molar-refractivity contribution in [3.05, 3.63) is 132 Å². The molecule has 0 unspecified atom stereocenters. The first-order valence-electron chi connectivity index (χ1n) is 15.8. The van der Waals surface area contributed by atoms with Crippen molar-refractivity contribution in [3.8, 4) is 79.8 Å². The monoisotopic (exact) mass is 672 g/mol. The number of carbonyl (C=O) groups is 2. The number of phenols is 2. The van der Waals surface area contributed by atoms with Crippen LogP contribution in [0.2, 0.25) is 0 Å². The first kappa shape index (κ1) is 32.4. The van der Waals surface area contributed by atoms with E-state index in [1.807, 2.05) is 24.3 Å². The first-order valence-corrected chi connectivity index (χ1v) is 15.8. The molecule has 0 saturated heterocycles. The molecule has 0 aliphatic heterocycles. The van der Waals surface area contributed by atoms with E-state index < -0.39 is 5.97 Å². The van der Waals surface area contributed by atoms with Crippen LogP contribution in [0.5, 0.6) is 11.5 Å². The van der Waals surface area contributed by atoms with Gasteiger partial charge in [-0.25, -0.2) is 34.7 Å². The molecule has 0 bridgehead atoms. The summed E-state index contributed by atoms with van der Waals surface area (Å²) in [6.45, 7) is 1.50. The minimum atomic E-state index is -0.461. The van der Waals surface area contributed by atoms with Crippen LogP contribution in [0.15, 0.2) is 121 Å². The molecule has 11 heteroatoms. The van der Waals surface area contributed by atoms with Gasteiger partial charge < -0.3 is 14.9 Å². The van der Waals surface area contributed by atoms with Gasteiger partial charge in [0.05, 0.1) is 23.8 Å². The third-order valence-electron chi connectivity index (χ3n) is 8.08. The molecule has 248 valence electrons. The maximum absolute atomic E-state index is 12.0. The number of methoxy groups -OCH3 is 1. The number of hydrogen-bond acceptors (Lipinski definition) is 11. The molecule has 5 aromatic carbocycles. The molecular formula is C40H28N6O5. The maximum atomic E-state index is 12.0. The lowest BCUT2D eigenvalue weighted by atomic mass is 10.1. The highest BCUT2D eigenvalue weighted by Crippen LogP contribution is 2.32. The fourth-order valence-corrected chi connectivity index (χ4v) is 5.33. The van der Waals surface area contributed by atoms with Gasteiger partial charge in [-0.1, -0.05) is 84.9 Å². The van der Waals surface area contributed by atoms with Crippen LogP contribution in [-0.4, -0.2) is 59.0 Å². The number of benzene rings is 5. The molecule has 0 spiro atoms. The fourth-order valence-electron chi connectivity index (χ4n) is 5.33. The number of aromatic hydroxyl groups is 2. The Labute approximate surface area is 292 Å².